The molecule has 24 heavy (non-hydrogen) atoms. The lowest BCUT2D eigenvalue weighted by atomic mass is 9.95. The summed E-state index contributed by atoms with van der Waals surface area (Å²) in [6, 6.07) is 8.55. The maximum atomic E-state index is 12.4. The minimum absolute atomic E-state index is 0.0962. The first-order valence-corrected chi connectivity index (χ1v) is 9.05. The van der Waals surface area contributed by atoms with Crippen molar-refractivity contribution in [3.8, 4) is 0 Å². The molecular weight excluding hydrogens is 300 g/mol. The first-order valence-electron chi connectivity index (χ1n) is 9.05. The van der Waals surface area contributed by atoms with E-state index in [2.05, 4.69) is 29.8 Å². The van der Waals surface area contributed by atoms with E-state index in [0.29, 0.717) is 25.0 Å². The van der Waals surface area contributed by atoms with Crippen LogP contribution in [0.3, 0.4) is 0 Å². The zero-order chi connectivity index (χ0) is 17.1. The highest BCUT2D eigenvalue weighted by atomic mass is 16.1. The number of nitrogens with one attached hydrogen (secondary N) is 1. The van der Waals surface area contributed by atoms with Crippen LogP contribution in [-0.2, 0) is 11.2 Å². The van der Waals surface area contributed by atoms with E-state index in [1.54, 1.807) is 0 Å². The lowest BCUT2D eigenvalue weighted by Gasteiger charge is -2.18. The molecule has 0 saturated heterocycles. The maximum Gasteiger partial charge on any atom is 0.223 e. The molecule has 1 saturated carbocycles. The molecular formula is C19H28N4O. The van der Waals surface area contributed by atoms with E-state index in [-0.39, 0.29) is 11.8 Å². The van der Waals surface area contributed by atoms with Crippen molar-refractivity contribution in [3.05, 3.63) is 30.1 Å². The van der Waals surface area contributed by atoms with Crippen molar-refractivity contribution < 1.29 is 4.79 Å². The Morgan fingerprint density at radius 2 is 2.17 bits per heavy atom. The third-order valence-electron chi connectivity index (χ3n) is 5.13. The van der Waals surface area contributed by atoms with Crippen LogP contribution in [-0.4, -0.2) is 28.5 Å². The molecule has 0 radical (unpaired) electrons. The van der Waals surface area contributed by atoms with E-state index < -0.39 is 0 Å². The molecule has 1 aliphatic rings. The molecule has 5 nitrogen and oxygen atoms in total. The van der Waals surface area contributed by atoms with E-state index in [0.717, 1.165) is 42.5 Å². The minimum atomic E-state index is 0.0962. The summed E-state index contributed by atoms with van der Waals surface area (Å²) >= 11 is 0. The first kappa shape index (κ1) is 17.0. The van der Waals surface area contributed by atoms with Gasteiger partial charge in [-0.25, -0.2) is 4.98 Å². The standard InChI is InChI=1S/C19H28N4O/c1-13(2)23-17-9-4-3-8-16(17)22-18(23)10-11-21-19(24)15-7-5-6-14(15)12-20/h3-4,8-9,13-15H,5-7,10-12,20H2,1-2H3,(H,21,24)/t14-,15-/m1/s1. The summed E-state index contributed by atoms with van der Waals surface area (Å²) in [6.07, 6.45) is 3.91. The number of para-hydroxylation sites is 2. The summed E-state index contributed by atoms with van der Waals surface area (Å²) in [6.45, 7) is 5.57. The molecule has 3 N–H and O–H groups in total. The van der Waals surface area contributed by atoms with Gasteiger partial charge in [-0.15, -0.1) is 0 Å². The lowest BCUT2D eigenvalue weighted by Crippen LogP contribution is -2.36. The largest absolute Gasteiger partial charge is 0.355 e. The van der Waals surface area contributed by atoms with Crippen LogP contribution in [0.5, 0.6) is 0 Å². The van der Waals surface area contributed by atoms with Crippen LogP contribution >= 0.6 is 0 Å². The highest BCUT2D eigenvalue weighted by molar-refractivity contribution is 5.79. The average molecular weight is 328 g/mol. The van der Waals surface area contributed by atoms with E-state index >= 15 is 0 Å². The fourth-order valence-corrected chi connectivity index (χ4v) is 3.94. The van der Waals surface area contributed by atoms with Crippen molar-refractivity contribution in [1.29, 1.82) is 0 Å². The lowest BCUT2D eigenvalue weighted by molar-refractivity contribution is -0.125. The van der Waals surface area contributed by atoms with E-state index in [1.807, 2.05) is 18.2 Å². The summed E-state index contributed by atoms with van der Waals surface area (Å²) in [5.74, 6) is 1.65. The van der Waals surface area contributed by atoms with Gasteiger partial charge in [0, 0.05) is 24.9 Å². The van der Waals surface area contributed by atoms with Gasteiger partial charge < -0.3 is 15.6 Å². The van der Waals surface area contributed by atoms with Crippen LogP contribution in [0, 0.1) is 11.8 Å². The van der Waals surface area contributed by atoms with Gasteiger partial charge in [-0.1, -0.05) is 18.6 Å². The predicted octanol–water partition coefficient (Wildman–Crippen LogP) is 2.65. The van der Waals surface area contributed by atoms with Crippen molar-refractivity contribution in [2.24, 2.45) is 17.6 Å². The van der Waals surface area contributed by atoms with Crippen LogP contribution in [0.2, 0.25) is 0 Å². The summed E-state index contributed by atoms with van der Waals surface area (Å²) in [7, 11) is 0. The molecule has 1 amide bonds. The fourth-order valence-electron chi connectivity index (χ4n) is 3.94. The van der Waals surface area contributed by atoms with Crippen molar-refractivity contribution in [2.75, 3.05) is 13.1 Å². The molecule has 0 aliphatic heterocycles. The number of aromatic nitrogens is 2. The van der Waals surface area contributed by atoms with Gasteiger partial charge in [0.15, 0.2) is 0 Å². The highest BCUT2D eigenvalue weighted by Crippen LogP contribution is 2.31. The molecule has 130 valence electrons. The van der Waals surface area contributed by atoms with Crippen molar-refractivity contribution >= 4 is 16.9 Å². The number of carbonyl (C=O) groups excluding carboxylic acids is 1. The Morgan fingerprint density at radius 1 is 1.38 bits per heavy atom. The Balaban J connectivity index is 1.65. The summed E-state index contributed by atoms with van der Waals surface area (Å²) in [5.41, 5.74) is 7.96. The number of rotatable bonds is 6. The molecule has 1 heterocycles. The molecule has 0 spiro atoms. The van der Waals surface area contributed by atoms with E-state index in [1.165, 1.54) is 0 Å². The smallest absolute Gasteiger partial charge is 0.223 e. The molecule has 3 rings (SSSR count). The van der Waals surface area contributed by atoms with Crippen LogP contribution in [0.1, 0.15) is 45.0 Å². The number of hydrogen-bond acceptors (Lipinski definition) is 3. The van der Waals surface area contributed by atoms with Gasteiger partial charge >= 0.3 is 0 Å². The zero-order valence-electron chi connectivity index (χ0n) is 14.7. The second-order valence-corrected chi connectivity index (χ2v) is 7.05. The molecule has 0 bridgehead atoms. The molecule has 1 aromatic carbocycles. The van der Waals surface area contributed by atoms with Crippen molar-refractivity contribution in [3.63, 3.8) is 0 Å². The molecule has 2 atom stereocenters. The van der Waals surface area contributed by atoms with Gasteiger partial charge in [0.05, 0.1) is 11.0 Å². The Kier molecular flexibility index (Phi) is 5.19. The normalized spacial score (nSPS) is 20.8. The highest BCUT2D eigenvalue weighted by Gasteiger charge is 2.31. The molecule has 5 heteroatoms. The second kappa shape index (κ2) is 7.34. The number of nitrogens with zero attached hydrogens (tertiary/aromatic N) is 2. The Morgan fingerprint density at radius 3 is 2.92 bits per heavy atom. The Labute approximate surface area is 143 Å². The van der Waals surface area contributed by atoms with Crippen molar-refractivity contribution in [2.45, 2.75) is 45.6 Å². The number of carbonyl (C=O) groups is 1. The van der Waals surface area contributed by atoms with Crippen LogP contribution in [0.4, 0.5) is 0 Å². The van der Waals surface area contributed by atoms with Gasteiger partial charge in [0.25, 0.3) is 0 Å². The summed E-state index contributed by atoms with van der Waals surface area (Å²) < 4.78 is 2.26. The molecule has 0 unspecified atom stereocenters. The Hall–Kier alpha value is -1.88. The van der Waals surface area contributed by atoms with Crippen LogP contribution in [0.15, 0.2) is 24.3 Å². The Bertz CT molecular complexity index is 706. The fraction of sp³-hybridized carbons (Fsp3) is 0.579. The molecule has 2 aromatic rings. The van der Waals surface area contributed by atoms with E-state index in [4.69, 9.17) is 10.7 Å². The number of hydrogen-bond donors (Lipinski definition) is 2. The number of amides is 1. The van der Waals surface area contributed by atoms with Gasteiger partial charge in [0.2, 0.25) is 5.91 Å². The summed E-state index contributed by atoms with van der Waals surface area (Å²) in [4.78, 5) is 17.2. The van der Waals surface area contributed by atoms with Crippen LogP contribution < -0.4 is 11.1 Å². The van der Waals surface area contributed by atoms with E-state index in [9.17, 15) is 4.79 Å². The SMILES string of the molecule is CC(C)n1c(CCNC(=O)[C@@H]2CCC[C@@H]2CN)nc2ccccc21. The number of imidazole rings is 1. The molecule has 1 fully saturated rings. The molecule has 1 aliphatic carbocycles. The van der Waals surface area contributed by atoms with Gasteiger partial charge in [-0.3, -0.25) is 4.79 Å². The third kappa shape index (κ3) is 3.31. The minimum Gasteiger partial charge on any atom is -0.355 e. The predicted molar refractivity (Wildman–Crippen MR) is 96.7 cm³/mol. The average Bonchev–Trinajstić information content (AvgIpc) is 3.18. The van der Waals surface area contributed by atoms with Gasteiger partial charge in [-0.2, -0.15) is 0 Å². The number of benzene rings is 1. The number of fused-ring (bicyclic) bond motifs is 1. The maximum absolute atomic E-state index is 12.4. The van der Waals surface area contributed by atoms with Crippen molar-refractivity contribution in [1.82, 2.24) is 14.9 Å². The molecule has 1 aromatic heterocycles. The van der Waals surface area contributed by atoms with Gasteiger partial charge in [-0.05, 0) is 51.3 Å². The first-order chi connectivity index (χ1) is 11.6. The topological polar surface area (TPSA) is 72.9 Å². The van der Waals surface area contributed by atoms with Gasteiger partial charge in [0.1, 0.15) is 5.82 Å². The number of nitrogens with two attached hydrogens (primary N) is 1. The monoisotopic (exact) mass is 328 g/mol. The van der Waals surface area contributed by atoms with Crippen LogP contribution in [0.25, 0.3) is 11.0 Å². The zero-order valence-corrected chi connectivity index (χ0v) is 14.7. The second-order valence-electron chi connectivity index (χ2n) is 7.05. The summed E-state index contributed by atoms with van der Waals surface area (Å²) in [5, 5.41) is 3.10. The quantitative estimate of drug-likeness (QED) is 0.856. The third-order valence-corrected chi connectivity index (χ3v) is 5.13.